The van der Waals surface area contributed by atoms with Crippen LogP contribution in [0.1, 0.15) is 30.2 Å². The van der Waals surface area contributed by atoms with Gasteiger partial charge in [-0.05, 0) is 50.2 Å². The van der Waals surface area contributed by atoms with Gasteiger partial charge < -0.3 is 19.9 Å². The number of aromatic nitrogens is 3. The SMILES string of the molecule is COc1ccc(-c2nnc(NCc3cc(C4CCNCC4)no3)s2)cc1. The minimum Gasteiger partial charge on any atom is -0.497 e. The molecule has 0 spiro atoms. The third kappa shape index (κ3) is 3.86. The lowest BCUT2D eigenvalue weighted by Crippen LogP contribution is -2.26. The fraction of sp³-hybridized carbons (Fsp3) is 0.389. The van der Waals surface area contributed by atoms with Gasteiger partial charge in [-0.25, -0.2) is 0 Å². The monoisotopic (exact) mass is 371 g/mol. The highest BCUT2D eigenvalue weighted by atomic mass is 32.1. The predicted octanol–water partition coefficient (Wildman–Crippen LogP) is 3.28. The molecule has 0 aliphatic carbocycles. The Balaban J connectivity index is 1.36. The Kier molecular flexibility index (Phi) is 5.12. The Morgan fingerprint density at radius 3 is 2.81 bits per heavy atom. The van der Waals surface area contributed by atoms with Gasteiger partial charge in [0.05, 0.1) is 19.3 Å². The zero-order valence-electron chi connectivity index (χ0n) is 14.6. The molecule has 1 aliphatic heterocycles. The smallest absolute Gasteiger partial charge is 0.206 e. The maximum atomic E-state index is 5.47. The summed E-state index contributed by atoms with van der Waals surface area (Å²) in [5.41, 5.74) is 2.07. The first-order valence-corrected chi connectivity index (χ1v) is 9.51. The Bertz CT molecular complexity index is 839. The number of methoxy groups -OCH3 is 1. The Morgan fingerprint density at radius 2 is 2.04 bits per heavy atom. The highest BCUT2D eigenvalue weighted by molar-refractivity contribution is 7.18. The number of benzene rings is 1. The molecule has 3 heterocycles. The van der Waals surface area contributed by atoms with Gasteiger partial charge in [0.1, 0.15) is 10.8 Å². The standard InChI is InChI=1S/C18H21N5O2S/c1-24-14-4-2-13(3-5-14)17-21-22-18(26-17)20-11-15-10-16(23-25-15)12-6-8-19-9-7-12/h2-5,10,12,19H,6-9,11H2,1H3,(H,20,22). The molecule has 1 saturated heterocycles. The van der Waals surface area contributed by atoms with Gasteiger partial charge in [0.25, 0.3) is 0 Å². The van der Waals surface area contributed by atoms with Crippen LogP contribution in [0.4, 0.5) is 5.13 Å². The summed E-state index contributed by atoms with van der Waals surface area (Å²) in [6, 6.07) is 9.84. The van der Waals surface area contributed by atoms with Crippen LogP contribution in [-0.4, -0.2) is 35.6 Å². The lowest BCUT2D eigenvalue weighted by Gasteiger charge is -2.19. The van der Waals surface area contributed by atoms with E-state index in [-0.39, 0.29) is 0 Å². The Hall–Kier alpha value is -2.45. The van der Waals surface area contributed by atoms with Gasteiger partial charge in [0.2, 0.25) is 5.13 Å². The van der Waals surface area contributed by atoms with Crippen molar-refractivity contribution in [1.82, 2.24) is 20.7 Å². The van der Waals surface area contributed by atoms with Crippen LogP contribution in [0, 0.1) is 0 Å². The van der Waals surface area contributed by atoms with Gasteiger partial charge >= 0.3 is 0 Å². The molecule has 2 aromatic heterocycles. The third-order valence-corrected chi connectivity index (χ3v) is 5.44. The number of hydrogen-bond acceptors (Lipinski definition) is 8. The molecule has 0 radical (unpaired) electrons. The van der Waals surface area contributed by atoms with Crippen LogP contribution in [0.2, 0.25) is 0 Å². The van der Waals surface area contributed by atoms with Gasteiger partial charge in [0, 0.05) is 17.5 Å². The molecule has 1 aliphatic rings. The quantitative estimate of drug-likeness (QED) is 0.688. The van der Waals surface area contributed by atoms with Crippen LogP contribution in [-0.2, 0) is 6.54 Å². The summed E-state index contributed by atoms with van der Waals surface area (Å²) >= 11 is 1.51. The van der Waals surface area contributed by atoms with E-state index < -0.39 is 0 Å². The first kappa shape index (κ1) is 17.0. The number of piperidine rings is 1. The topological polar surface area (TPSA) is 85.1 Å². The van der Waals surface area contributed by atoms with Crippen molar-refractivity contribution in [3.05, 3.63) is 41.8 Å². The first-order valence-electron chi connectivity index (χ1n) is 8.70. The zero-order valence-corrected chi connectivity index (χ0v) is 15.4. The number of ether oxygens (including phenoxy) is 1. The van der Waals surface area contributed by atoms with Crippen molar-refractivity contribution >= 4 is 16.5 Å². The van der Waals surface area contributed by atoms with E-state index >= 15 is 0 Å². The van der Waals surface area contributed by atoms with E-state index in [4.69, 9.17) is 9.26 Å². The van der Waals surface area contributed by atoms with Crippen molar-refractivity contribution < 1.29 is 9.26 Å². The van der Waals surface area contributed by atoms with E-state index in [9.17, 15) is 0 Å². The summed E-state index contributed by atoms with van der Waals surface area (Å²) in [5, 5.41) is 20.9. The van der Waals surface area contributed by atoms with Crippen LogP contribution in [0.15, 0.2) is 34.9 Å². The second-order valence-electron chi connectivity index (χ2n) is 6.24. The maximum Gasteiger partial charge on any atom is 0.206 e. The number of nitrogens with one attached hydrogen (secondary N) is 2. The highest BCUT2D eigenvalue weighted by Gasteiger charge is 2.19. The van der Waals surface area contributed by atoms with E-state index in [0.29, 0.717) is 12.5 Å². The molecule has 1 fully saturated rings. The third-order valence-electron chi connectivity index (χ3n) is 4.51. The van der Waals surface area contributed by atoms with Crippen LogP contribution in [0.25, 0.3) is 10.6 Å². The summed E-state index contributed by atoms with van der Waals surface area (Å²) in [5.74, 6) is 2.14. The predicted molar refractivity (Wildman–Crippen MR) is 101 cm³/mol. The highest BCUT2D eigenvalue weighted by Crippen LogP contribution is 2.28. The molecule has 0 bridgehead atoms. The van der Waals surface area contributed by atoms with Crippen LogP contribution < -0.4 is 15.4 Å². The minimum atomic E-state index is 0.497. The summed E-state index contributed by atoms with van der Waals surface area (Å²) in [6.07, 6.45) is 2.22. The fourth-order valence-electron chi connectivity index (χ4n) is 3.03. The second-order valence-corrected chi connectivity index (χ2v) is 7.21. The maximum absolute atomic E-state index is 5.47. The molecule has 136 valence electrons. The second kappa shape index (κ2) is 7.84. The van der Waals surface area contributed by atoms with Gasteiger partial charge in [-0.15, -0.1) is 10.2 Å². The first-order chi connectivity index (χ1) is 12.8. The van der Waals surface area contributed by atoms with E-state index in [1.54, 1.807) is 7.11 Å². The largest absolute Gasteiger partial charge is 0.497 e. The zero-order chi connectivity index (χ0) is 17.8. The van der Waals surface area contributed by atoms with Gasteiger partial charge in [0.15, 0.2) is 5.76 Å². The molecule has 2 N–H and O–H groups in total. The van der Waals surface area contributed by atoms with Crippen molar-refractivity contribution in [1.29, 1.82) is 0 Å². The fourth-order valence-corrected chi connectivity index (χ4v) is 3.77. The molecule has 0 amide bonds. The number of hydrogen-bond donors (Lipinski definition) is 2. The van der Waals surface area contributed by atoms with Crippen LogP contribution in [0.5, 0.6) is 5.75 Å². The Labute approximate surface area is 155 Å². The van der Waals surface area contributed by atoms with Crippen molar-refractivity contribution in [2.75, 3.05) is 25.5 Å². The molecular weight excluding hydrogens is 350 g/mol. The number of rotatable bonds is 6. The summed E-state index contributed by atoms with van der Waals surface area (Å²) < 4.78 is 10.6. The van der Waals surface area contributed by atoms with Crippen LogP contribution >= 0.6 is 11.3 Å². The number of nitrogens with zero attached hydrogens (tertiary/aromatic N) is 3. The molecule has 7 nitrogen and oxygen atoms in total. The molecular formula is C18H21N5O2S. The molecule has 0 saturated carbocycles. The summed E-state index contributed by atoms with van der Waals surface area (Å²) in [4.78, 5) is 0. The Morgan fingerprint density at radius 1 is 1.23 bits per heavy atom. The summed E-state index contributed by atoms with van der Waals surface area (Å²) in [7, 11) is 1.65. The molecule has 0 unspecified atom stereocenters. The molecule has 0 atom stereocenters. The van der Waals surface area contributed by atoms with Gasteiger partial charge in [-0.3, -0.25) is 0 Å². The molecule has 26 heavy (non-hydrogen) atoms. The molecule has 4 rings (SSSR count). The van der Waals surface area contributed by atoms with E-state index in [1.165, 1.54) is 11.3 Å². The van der Waals surface area contributed by atoms with Crippen molar-refractivity contribution in [3.8, 4) is 16.3 Å². The van der Waals surface area contributed by atoms with Crippen molar-refractivity contribution in [2.24, 2.45) is 0 Å². The van der Waals surface area contributed by atoms with Crippen LogP contribution in [0.3, 0.4) is 0 Å². The molecule has 1 aromatic carbocycles. The van der Waals surface area contributed by atoms with E-state index in [2.05, 4.69) is 32.1 Å². The van der Waals surface area contributed by atoms with E-state index in [1.807, 2.05) is 24.3 Å². The number of anilines is 1. The molecule has 8 heteroatoms. The van der Waals surface area contributed by atoms with Gasteiger partial charge in [-0.2, -0.15) is 0 Å². The average Bonchev–Trinajstić information content (AvgIpc) is 3.37. The van der Waals surface area contributed by atoms with E-state index in [0.717, 1.165) is 58.8 Å². The normalized spacial score (nSPS) is 15.1. The van der Waals surface area contributed by atoms with Crippen molar-refractivity contribution in [3.63, 3.8) is 0 Å². The average molecular weight is 371 g/mol. The lowest BCUT2D eigenvalue weighted by molar-refractivity contribution is 0.365. The minimum absolute atomic E-state index is 0.497. The van der Waals surface area contributed by atoms with Gasteiger partial charge in [-0.1, -0.05) is 16.5 Å². The van der Waals surface area contributed by atoms with Crippen molar-refractivity contribution in [2.45, 2.75) is 25.3 Å². The lowest BCUT2D eigenvalue weighted by atomic mass is 9.95. The molecule has 3 aromatic rings. The summed E-state index contributed by atoms with van der Waals surface area (Å²) in [6.45, 7) is 2.64.